The average Bonchev–Trinajstić information content (AvgIpc) is 3.00. The van der Waals surface area contributed by atoms with Gasteiger partial charge in [0.05, 0.1) is 25.7 Å². The second kappa shape index (κ2) is 8.32. The van der Waals surface area contributed by atoms with E-state index in [1.54, 1.807) is 0 Å². The maximum absolute atomic E-state index is 11.5. The third-order valence-electron chi connectivity index (χ3n) is 6.00. The third-order valence-corrected chi connectivity index (χ3v) is 6.00. The largest absolute Gasteiger partial charge is 0.469 e. The van der Waals surface area contributed by atoms with E-state index < -0.39 is 0 Å². The molecule has 0 bridgehead atoms. The van der Waals surface area contributed by atoms with Crippen molar-refractivity contribution in [3.05, 3.63) is 0 Å². The van der Waals surface area contributed by atoms with E-state index in [1.807, 2.05) is 6.92 Å². The Morgan fingerprint density at radius 1 is 1.12 bits per heavy atom. The van der Waals surface area contributed by atoms with Crippen molar-refractivity contribution < 1.29 is 23.8 Å². The number of fused-ring (bicyclic) bond motifs is 1. The first-order valence-electron chi connectivity index (χ1n) is 9.21. The van der Waals surface area contributed by atoms with E-state index in [1.165, 1.54) is 14.0 Å². The fourth-order valence-electron chi connectivity index (χ4n) is 4.79. The van der Waals surface area contributed by atoms with Crippen molar-refractivity contribution in [3.63, 3.8) is 0 Å². The number of carbonyl (C=O) groups excluding carboxylic acids is 2. The summed E-state index contributed by atoms with van der Waals surface area (Å²) in [4.78, 5) is 22.9. The lowest BCUT2D eigenvalue weighted by Crippen LogP contribution is -2.41. The minimum atomic E-state index is -0.243. The van der Waals surface area contributed by atoms with Gasteiger partial charge in [0, 0.05) is 6.92 Å². The summed E-state index contributed by atoms with van der Waals surface area (Å²) < 4.78 is 16.4. The van der Waals surface area contributed by atoms with E-state index in [4.69, 9.17) is 14.2 Å². The molecule has 138 valence electrons. The Morgan fingerprint density at radius 3 is 2.46 bits per heavy atom. The Hall–Kier alpha value is -1.10. The lowest BCUT2D eigenvalue weighted by Gasteiger charge is -2.41. The molecule has 0 spiro atoms. The summed E-state index contributed by atoms with van der Waals surface area (Å²) in [7, 11) is 1.41. The van der Waals surface area contributed by atoms with Crippen LogP contribution in [0.2, 0.25) is 0 Å². The fourth-order valence-corrected chi connectivity index (χ4v) is 4.79. The molecule has 7 atom stereocenters. The minimum Gasteiger partial charge on any atom is -0.469 e. The summed E-state index contributed by atoms with van der Waals surface area (Å²) in [5.74, 6) is 1.43. The van der Waals surface area contributed by atoms with Crippen LogP contribution in [0, 0.1) is 29.6 Å². The van der Waals surface area contributed by atoms with Gasteiger partial charge in [-0.1, -0.05) is 6.92 Å². The molecule has 7 unspecified atom stereocenters. The second-order valence-corrected chi connectivity index (χ2v) is 7.65. The predicted octanol–water partition coefficient (Wildman–Crippen LogP) is 3.20. The molecule has 0 aromatic heterocycles. The second-order valence-electron chi connectivity index (χ2n) is 7.65. The molecule has 0 aromatic rings. The molecule has 0 heterocycles. The van der Waals surface area contributed by atoms with E-state index in [0.717, 1.165) is 25.7 Å². The van der Waals surface area contributed by atoms with Gasteiger partial charge in [0.2, 0.25) is 0 Å². The molecule has 2 saturated carbocycles. The molecule has 2 aliphatic rings. The maximum atomic E-state index is 11.5. The molecular weight excluding hydrogens is 308 g/mol. The molecule has 5 nitrogen and oxygen atoms in total. The summed E-state index contributed by atoms with van der Waals surface area (Å²) in [5.41, 5.74) is 0. The summed E-state index contributed by atoms with van der Waals surface area (Å²) in [5, 5.41) is 0. The zero-order valence-corrected chi connectivity index (χ0v) is 15.6. The Morgan fingerprint density at radius 2 is 1.83 bits per heavy atom. The molecule has 2 aliphatic carbocycles. The van der Waals surface area contributed by atoms with E-state index in [-0.39, 0.29) is 30.1 Å². The Balaban J connectivity index is 1.96. The first-order chi connectivity index (χ1) is 11.3. The van der Waals surface area contributed by atoms with Crippen LogP contribution in [0.15, 0.2) is 0 Å². The number of carbonyl (C=O) groups is 2. The van der Waals surface area contributed by atoms with Gasteiger partial charge in [0.25, 0.3) is 0 Å². The Labute approximate surface area is 145 Å². The van der Waals surface area contributed by atoms with Crippen LogP contribution in [0.25, 0.3) is 0 Å². The average molecular weight is 340 g/mol. The highest BCUT2D eigenvalue weighted by atomic mass is 16.5. The highest BCUT2D eigenvalue weighted by Crippen LogP contribution is 2.51. The summed E-state index contributed by atoms with van der Waals surface area (Å²) in [6.45, 7) is 8.14. The molecule has 2 fully saturated rings. The standard InChI is InChI=1S/C19H32O5/c1-11-6-9-17(24-14(4)20)16-8-7-15(18(11)16)13(3)23-10-12(2)19(21)22-5/h11-13,15-18H,6-10H2,1-5H3. The molecule has 5 heteroatoms. The monoisotopic (exact) mass is 340 g/mol. The van der Waals surface area contributed by atoms with E-state index in [0.29, 0.717) is 30.3 Å². The molecule has 0 aliphatic heterocycles. The molecule has 0 aromatic carbocycles. The summed E-state index contributed by atoms with van der Waals surface area (Å²) in [6, 6.07) is 0. The Kier molecular flexibility index (Phi) is 6.67. The van der Waals surface area contributed by atoms with Crippen LogP contribution >= 0.6 is 0 Å². The smallest absolute Gasteiger partial charge is 0.310 e. The van der Waals surface area contributed by atoms with Crippen molar-refractivity contribution in [2.24, 2.45) is 29.6 Å². The third kappa shape index (κ3) is 4.29. The van der Waals surface area contributed by atoms with Crippen LogP contribution in [0.4, 0.5) is 0 Å². The van der Waals surface area contributed by atoms with Crippen LogP contribution in [0.3, 0.4) is 0 Å². The number of hydrogen-bond donors (Lipinski definition) is 0. The van der Waals surface area contributed by atoms with Crippen molar-refractivity contribution in [3.8, 4) is 0 Å². The van der Waals surface area contributed by atoms with Gasteiger partial charge in [-0.25, -0.2) is 0 Å². The lowest BCUT2D eigenvalue weighted by molar-refractivity contribution is -0.154. The zero-order valence-electron chi connectivity index (χ0n) is 15.6. The van der Waals surface area contributed by atoms with Gasteiger partial charge in [0.1, 0.15) is 6.10 Å². The van der Waals surface area contributed by atoms with Crippen LogP contribution in [0.5, 0.6) is 0 Å². The quantitative estimate of drug-likeness (QED) is 0.695. The maximum Gasteiger partial charge on any atom is 0.310 e. The van der Waals surface area contributed by atoms with Gasteiger partial charge in [-0.2, -0.15) is 0 Å². The Bertz CT molecular complexity index is 449. The fraction of sp³-hybridized carbons (Fsp3) is 0.895. The van der Waals surface area contributed by atoms with Gasteiger partial charge in [0.15, 0.2) is 0 Å². The number of esters is 2. The normalized spacial score (nSPS) is 35.0. The number of rotatable bonds is 6. The van der Waals surface area contributed by atoms with Gasteiger partial charge >= 0.3 is 11.9 Å². The van der Waals surface area contributed by atoms with Crippen LogP contribution in [0.1, 0.15) is 53.4 Å². The summed E-state index contributed by atoms with van der Waals surface area (Å²) in [6.07, 6.45) is 4.44. The number of methoxy groups -OCH3 is 1. The first-order valence-corrected chi connectivity index (χ1v) is 9.21. The van der Waals surface area contributed by atoms with Gasteiger partial charge in [-0.15, -0.1) is 0 Å². The van der Waals surface area contributed by atoms with Crippen molar-refractivity contribution >= 4 is 11.9 Å². The zero-order chi connectivity index (χ0) is 17.9. The molecule has 0 saturated heterocycles. The SMILES string of the molecule is COC(=O)C(C)COC(C)C1CCC2C(OC(C)=O)CCC(C)C12. The van der Waals surface area contributed by atoms with Crippen molar-refractivity contribution in [2.45, 2.75) is 65.6 Å². The molecular formula is C19H32O5. The molecule has 2 rings (SSSR count). The van der Waals surface area contributed by atoms with E-state index in [2.05, 4.69) is 13.8 Å². The van der Waals surface area contributed by atoms with Gasteiger partial charge in [-0.3, -0.25) is 9.59 Å². The molecule has 0 N–H and O–H groups in total. The molecule has 24 heavy (non-hydrogen) atoms. The van der Waals surface area contributed by atoms with Gasteiger partial charge < -0.3 is 14.2 Å². The van der Waals surface area contributed by atoms with Crippen molar-refractivity contribution in [2.75, 3.05) is 13.7 Å². The predicted molar refractivity (Wildman–Crippen MR) is 90.3 cm³/mol. The number of ether oxygens (including phenoxy) is 3. The highest BCUT2D eigenvalue weighted by Gasteiger charge is 2.48. The van der Waals surface area contributed by atoms with Crippen LogP contribution in [-0.4, -0.2) is 37.9 Å². The topological polar surface area (TPSA) is 61.8 Å². The highest BCUT2D eigenvalue weighted by molar-refractivity contribution is 5.71. The summed E-state index contributed by atoms with van der Waals surface area (Å²) >= 11 is 0. The first kappa shape index (κ1) is 19.2. The van der Waals surface area contributed by atoms with Crippen LogP contribution < -0.4 is 0 Å². The van der Waals surface area contributed by atoms with E-state index in [9.17, 15) is 9.59 Å². The molecule has 0 radical (unpaired) electrons. The van der Waals surface area contributed by atoms with Crippen molar-refractivity contribution in [1.29, 1.82) is 0 Å². The van der Waals surface area contributed by atoms with Crippen LogP contribution in [-0.2, 0) is 23.8 Å². The lowest BCUT2D eigenvalue weighted by atomic mass is 9.69. The number of hydrogen-bond acceptors (Lipinski definition) is 5. The van der Waals surface area contributed by atoms with Gasteiger partial charge in [-0.05, 0) is 63.2 Å². The van der Waals surface area contributed by atoms with Crippen molar-refractivity contribution in [1.82, 2.24) is 0 Å². The molecule has 0 amide bonds. The van der Waals surface area contributed by atoms with E-state index >= 15 is 0 Å². The minimum absolute atomic E-state index is 0.0647.